The van der Waals surface area contributed by atoms with Crippen molar-refractivity contribution in [3.05, 3.63) is 151 Å². The van der Waals surface area contributed by atoms with E-state index in [0.717, 1.165) is 66.3 Å². The topological polar surface area (TPSA) is 53.4 Å². The molecular weight excluding hydrogens is 547 g/mol. The molecule has 206 valence electrons. The van der Waals surface area contributed by atoms with Crippen molar-refractivity contribution in [2.24, 2.45) is 0 Å². The highest BCUT2D eigenvalue weighted by Gasteiger charge is 2.19. The first kappa shape index (κ1) is 26.4. The fourth-order valence-corrected chi connectivity index (χ4v) is 6.45. The minimum Gasteiger partial charge on any atom is -0.507 e. The Bertz CT molecular complexity index is 1900. The van der Waals surface area contributed by atoms with Gasteiger partial charge in [-0.2, -0.15) is 0 Å². The normalized spacial score (nSPS) is 11.0. The molecule has 6 aromatic carbocycles. The number of aromatic nitrogens is 1. The SMILES string of the molecule is Oc1c(-c2ccccc2)cccc1-c1ccccc1-c1csc(-c2ccccc2-c2cccc(-c3ccccc3)c2O)n1. The number of rotatable bonds is 6. The first-order valence-electron chi connectivity index (χ1n) is 14.1. The number of phenolic OH excluding ortho intramolecular Hbond substituents is 2. The van der Waals surface area contributed by atoms with E-state index >= 15 is 0 Å². The van der Waals surface area contributed by atoms with Gasteiger partial charge in [0.2, 0.25) is 0 Å². The highest BCUT2D eigenvalue weighted by Crippen LogP contribution is 2.45. The third kappa shape index (κ3) is 4.99. The molecule has 0 aliphatic rings. The van der Waals surface area contributed by atoms with E-state index in [0.29, 0.717) is 0 Å². The molecule has 1 heterocycles. The predicted octanol–water partition coefficient (Wildman–Crippen LogP) is 10.6. The number of thiazole rings is 1. The van der Waals surface area contributed by atoms with Gasteiger partial charge < -0.3 is 10.2 Å². The van der Waals surface area contributed by atoms with Crippen LogP contribution in [0.25, 0.3) is 66.3 Å². The summed E-state index contributed by atoms with van der Waals surface area (Å²) in [5.74, 6) is 0.493. The molecule has 2 N–H and O–H groups in total. The molecule has 0 bridgehead atoms. The second kappa shape index (κ2) is 11.4. The second-order valence-corrected chi connectivity index (χ2v) is 11.1. The number of hydrogen-bond donors (Lipinski definition) is 2. The maximum Gasteiger partial charge on any atom is 0.131 e. The van der Waals surface area contributed by atoms with Crippen LogP contribution in [0.3, 0.4) is 0 Å². The average molecular weight is 574 g/mol. The first-order chi connectivity index (χ1) is 21.2. The molecule has 43 heavy (non-hydrogen) atoms. The largest absolute Gasteiger partial charge is 0.507 e. The standard InChI is InChI=1S/C39H27NO2S/c41-37-28(26-13-3-1-4-14-26)21-11-23-33(37)30-17-7-9-19-32(30)36-25-43-39(40-36)35-20-10-8-18-31(35)34-24-12-22-29(38(34)42)27-15-5-2-6-16-27/h1-25,41-42H. The number of phenols is 2. The molecule has 0 radical (unpaired) electrons. The van der Waals surface area contributed by atoms with Gasteiger partial charge in [0.05, 0.1) is 5.69 Å². The lowest BCUT2D eigenvalue weighted by Gasteiger charge is -2.14. The van der Waals surface area contributed by atoms with Crippen LogP contribution < -0.4 is 0 Å². The Morgan fingerprint density at radius 2 is 0.767 bits per heavy atom. The number of hydrogen-bond acceptors (Lipinski definition) is 4. The maximum absolute atomic E-state index is 11.4. The van der Waals surface area contributed by atoms with Crippen molar-refractivity contribution >= 4 is 11.3 Å². The molecule has 0 saturated carbocycles. The molecule has 4 heteroatoms. The van der Waals surface area contributed by atoms with E-state index in [-0.39, 0.29) is 11.5 Å². The molecule has 7 aromatic rings. The smallest absolute Gasteiger partial charge is 0.131 e. The third-order valence-electron chi connectivity index (χ3n) is 7.69. The summed E-state index contributed by atoms with van der Waals surface area (Å²) in [5.41, 5.74) is 9.58. The zero-order valence-electron chi connectivity index (χ0n) is 23.2. The van der Waals surface area contributed by atoms with Crippen LogP contribution in [-0.2, 0) is 0 Å². The molecule has 3 nitrogen and oxygen atoms in total. The summed E-state index contributed by atoms with van der Waals surface area (Å²) in [6, 6.07) is 47.7. The molecule has 0 aliphatic heterocycles. The Balaban J connectivity index is 1.30. The van der Waals surface area contributed by atoms with Crippen LogP contribution in [0.1, 0.15) is 0 Å². The van der Waals surface area contributed by atoms with Crippen molar-refractivity contribution in [2.75, 3.05) is 0 Å². The second-order valence-electron chi connectivity index (χ2n) is 10.3. The van der Waals surface area contributed by atoms with Crippen molar-refractivity contribution in [1.82, 2.24) is 4.98 Å². The lowest BCUT2D eigenvalue weighted by Crippen LogP contribution is -1.89. The van der Waals surface area contributed by atoms with Crippen LogP contribution in [0.2, 0.25) is 0 Å². The monoisotopic (exact) mass is 573 g/mol. The minimum absolute atomic E-state index is 0.246. The lowest BCUT2D eigenvalue weighted by molar-refractivity contribution is 0.479. The van der Waals surface area contributed by atoms with Crippen molar-refractivity contribution in [1.29, 1.82) is 0 Å². The van der Waals surface area contributed by atoms with E-state index in [2.05, 4.69) is 5.38 Å². The van der Waals surface area contributed by atoms with Gasteiger partial charge in [-0.3, -0.25) is 0 Å². The average Bonchev–Trinajstić information content (AvgIpc) is 3.56. The van der Waals surface area contributed by atoms with Crippen molar-refractivity contribution in [2.45, 2.75) is 0 Å². The molecule has 0 unspecified atom stereocenters. The highest BCUT2D eigenvalue weighted by molar-refractivity contribution is 7.13. The van der Waals surface area contributed by atoms with E-state index in [4.69, 9.17) is 4.98 Å². The van der Waals surface area contributed by atoms with Crippen LogP contribution in [-0.4, -0.2) is 15.2 Å². The van der Waals surface area contributed by atoms with Gasteiger partial charge in [-0.1, -0.05) is 146 Å². The molecule has 1 aromatic heterocycles. The number of para-hydroxylation sites is 2. The van der Waals surface area contributed by atoms with Gasteiger partial charge in [0.15, 0.2) is 0 Å². The zero-order chi connectivity index (χ0) is 29.2. The number of aromatic hydroxyl groups is 2. The van der Waals surface area contributed by atoms with Crippen LogP contribution >= 0.6 is 11.3 Å². The number of nitrogens with zero attached hydrogens (tertiary/aromatic N) is 1. The summed E-state index contributed by atoms with van der Waals surface area (Å²) in [7, 11) is 0. The molecule has 0 saturated heterocycles. The fraction of sp³-hybridized carbons (Fsp3) is 0. The van der Waals surface area contributed by atoms with Gasteiger partial charge in [0.25, 0.3) is 0 Å². The van der Waals surface area contributed by atoms with Crippen LogP contribution in [0, 0.1) is 0 Å². The van der Waals surface area contributed by atoms with Gasteiger partial charge in [-0.15, -0.1) is 11.3 Å². The Labute approximate surface area is 254 Å². The summed E-state index contributed by atoms with van der Waals surface area (Å²) in [6.07, 6.45) is 0. The molecule has 0 atom stereocenters. The van der Waals surface area contributed by atoms with Gasteiger partial charge in [-0.25, -0.2) is 4.98 Å². The number of benzene rings is 6. The quantitative estimate of drug-likeness (QED) is 0.208. The summed E-state index contributed by atoms with van der Waals surface area (Å²) in [4.78, 5) is 5.10. The molecule has 0 fully saturated rings. The van der Waals surface area contributed by atoms with Gasteiger partial charge in [0.1, 0.15) is 16.5 Å². The van der Waals surface area contributed by atoms with Crippen molar-refractivity contribution in [3.8, 4) is 77.8 Å². The molecular formula is C39H27NO2S. The van der Waals surface area contributed by atoms with E-state index in [1.165, 1.54) is 0 Å². The van der Waals surface area contributed by atoms with Crippen LogP contribution in [0.5, 0.6) is 11.5 Å². The van der Waals surface area contributed by atoms with E-state index in [1.54, 1.807) is 11.3 Å². The molecule has 0 spiro atoms. The van der Waals surface area contributed by atoms with Crippen LogP contribution in [0.15, 0.2) is 151 Å². The molecule has 0 aliphatic carbocycles. The Morgan fingerprint density at radius 1 is 0.372 bits per heavy atom. The van der Waals surface area contributed by atoms with Crippen molar-refractivity contribution < 1.29 is 10.2 Å². The van der Waals surface area contributed by atoms with Crippen LogP contribution in [0.4, 0.5) is 0 Å². The third-order valence-corrected chi connectivity index (χ3v) is 8.56. The predicted molar refractivity (Wildman–Crippen MR) is 178 cm³/mol. The van der Waals surface area contributed by atoms with E-state index in [9.17, 15) is 10.2 Å². The van der Waals surface area contributed by atoms with Gasteiger partial charge in [-0.05, 0) is 22.3 Å². The van der Waals surface area contributed by atoms with E-state index in [1.807, 2.05) is 146 Å². The molecule has 0 amide bonds. The summed E-state index contributed by atoms with van der Waals surface area (Å²) in [5, 5.41) is 25.7. The zero-order valence-corrected chi connectivity index (χ0v) is 24.0. The molecule has 7 rings (SSSR count). The van der Waals surface area contributed by atoms with Gasteiger partial charge in [0, 0.05) is 38.8 Å². The Kier molecular flexibility index (Phi) is 7.04. The van der Waals surface area contributed by atoms with Crippen molar-refractivity contribution in [3.63, 3.8) is 0 Å². The summed E-state index contributed by atoms with van der Waals surface area (Å²) >= 11 is 1.57. The fourth-order valence-electron chi connectivity index (χ4n) is 5.59. The van der Waals surface area contributed by atoms with E-state index < -0.39 is 0 Å². The highest BCUT2D eigenvalue weighted by atomic mass is 32.1. The van der Waals surface area contributed by atoms with Gasteiger partial charge >= 0.3 is 0 Å². The Hall–Kier alpha value is -5.45. The summed E-state index contributed by atoms with van der Waals surface area (Å²) in [6.45, 7) is 0. The Morgan fingerprint density at radius 3 is 1.30 bits per heavy atom. The first-order valence-corrected chi connectivity index (χ1v) is 15.0. The maximum atomic E-state index is 11.4. The minimum atomic E-state index is 0.246. The summed E-state index contributed by atoms with van der Waals surface area (Å²) < 4.78 is 0. The lowest BCUT2D eigenvalue weighted by atomic mass is 9.93.